The molecule has 0 aliphatic heterocycles. The lowest BCUT2D eigenvalue weighted by Crippen LogP contribution is -2.21. The van der Waals surface area contributed by atoms with E-state index in [1.54, 1.807) is 17.5 Å². The van der Waals surface area contributed by atoms with Gasteiger partial charge in [-0.25, -0.2) is 4.98 Å². The maximum Gasteiger partial charge on any atom is 0.186 e. The van der Waals surface area contributed by atoms with Gasteiger partial charge in [-0.05, 0) is 11.1 Å². The first-order chi connectivity index (χ1) is 10.8. The number of hydrogen-bond acceptors (Lipinski definition) is 4. The number of anilines is 1. The van der Waals surface area contributed by atoms with E-state index in [2.05, 4.69) is 58.4 Å². The molecule has 0 atom stereocenters. The van der Waals surface area contributed by atoms with E-state index in [1.165, 1.54) is 11.1 Å². The van der Waals surface area contributed by atoms with Crippen LogP contribution in [0.5, 0.6) is 0 Å². The van der Waals surface area contributed by atoms with Gasteiger partial charge in [0.25, 0.3) is 0 Å². The Balaban J connectivity index is 1.84. The molecule has 112 valence electrons. The molecule has 3 aromatic rings. The fraction of sp³-hybridized carbons (Fsp3) is 0.167. The number of hydrogen-bond donors (Lipinski definition) is 1. The largest absolute Gasteiger partial charge is 0.391 e. The molecule has 0 bridgehead atoms. The summed E-state index contributed by atoms with van der Waals surface area (Å²) >= 11 is 1.54. The summed E-state index contributed by atoms with van der Waals surface area (Å²) in [5.41, 5.74) is 2.50. The van der Waals surface area contributed by atoms with Gasteiger partial charge in [-0.3, -0.25) is 0 Å². The maximum absolute atomic E-state index is 9.26. The smallest absolute Gasteiger partial charge is 0.186 e. The van der Waals surface area contributed by atoms with Crippen LogP contribution in [0.15, 0.2) is 66.9 Å². The molecule has 3 nitrogen and oxygen atoms in total. The molecular formula is C18H18N2OS. The minimum absolute atomic E-state index is 0.0438. The summed E-state index contributed by atoms with van der Waals surface area (Å²) in [6.07, 6.45) is 1.75. The molecule has 0 saturated heterocycles. The Hall–Kier alpha value is -2.17. The molecule has 2 aromatic carbocycles. The molecular weight excluding hydrogens is 292 g/mol. The highest BCUT2D eigenvalue weighted by atomic mass is 32.1. The van der Waals surface area contributed by atoms with E-state index in [1.807, 2.05) is 12.1 Å². The van der Waals surface area contributed by atoms with Crippen molar-refractivity contribution >= 4 is 16.5 Å². The zero-order valence-electron chi connectivity index (χ0n) is 12.2. The molecule has 1 N–H and O–H groups in total. The first kappa shape index (κ1) is 14.8. The molecule has 0 radical (unpaired) electrons. The standard InChI is InChI=1S/C18H18N2OS/c21-14-17-11-19-18(22-17)20(12-15-7-3-1-4-8-15)13-16-9-5-2-6-10-16/h1-11,21H,12-14H2. The van der Waals surface area contributed by atoms with E-state index in [0.29, 0.717) is 0 Å². The fourth-order valence-corrected chi connectivity index (χ4v) is 3.08. The summed E-state index contributed by atoms with van der Waals surface area (Å²) in [7, 11) is 0. The fourth-order valence-electron chi connectivity index (χ4n) is 2.32. The highest BCUT2D eigenvalue weighted by molar-refractivity contribution is 7.15. The molecule has 3 rings (SSSR count). The van der Waals surface area contributed by atoms with Crippen LogP contribution in [0, 0.1) is 0 Å². The third kappa shape index (κ3) is 3.72. The van der Waals surface area contributed by atoms with Gasteiger partial charge in [0.05, 0.1) is 11.5 Å². The molecule has 0 unspecified atom stereocenters. The maximum atomic E-state index is 9.26. The van der Waals surface area contributed by atoms with E-state index in [0.717, 1.165) is 23.1 Å². The Morgan fingerprint density at radius 2 is 1.41 bits per heavy atom. The molecule has 0 spiro atoms. The van der Waals surface area contributed by atoms with Crippen LogP contribution in [0.4, 0.5) is 5.13 Å². The Morgan fingerprint density at radius 1 is 0.864 bits per heavy atom. The van der Waals surface area contributed by atoms with Gasteiger partial charge in [0.2, 0.25) is 0 Å². The molecule has 1 heterocycles. The van der Waals surface area contributed by atoms with Crippen LogP contribution in [0.2, 0.25) is 0 Å². The van der Waals surface area contributed by atoms with E-state index in [-0.39, 0.29) is 6.61 Å². The van der Waals surface area contributed by atoms with Gasteiger partial charge in [0.15, 0.2) is 5.13 Å². The first-order valence-electron chi connectivity index (χ1n) is 7.23. The highest BCUT2D eigenvalue weighted by Crippen LogP contribution is 2.25. The normalized spacial score (nSPS) is 10.6. The molecule has 0 aliphatic carbocycles. The Bertz CT molecular complexity index is 656. The lowest BCUT2D eigenvalue weighted by Gasteiger charge is -2.22. The number of benzene rings is 2. The summed E-state index contributed by atoms with van der Waals surface area (Å²) < 4.78 is 0. The van der Waals surface area contributed by atoms with E-state index >= 15 is 0 Å². The van der Waals surface area contributed by atoms with E-state index in [4.69, 9.17) is 0 Å². The van der Waals surface area contributed by atoms with E-state index in [9.17, 15) is 5.11 Å². The minimum Gasteiger partial charge on any atom is -0.391 e. The van der Waals surface area contributed by atoms with Gasteiger partial charge in [-0.2, -0.15) is 0 Å². The number of aliphatic hydroxyl groups is 1. The van der Waals surface area contributed by atoms with Crippen LogP contribution < -0.4 is 4.90 Å². The van der Waals surface area contributed by atoms with Crippen molar-refractivity contribution < 1.29 is 5.11 Å². The molecule has 1 aromatic heterocycles. The molecule has 0 saturated carbocycles. The number of nitrogens with zero attached hydrogens (tertiary/aromatic N) is 2. The Morgan fingerprint density at radius 3 is 1.86 bits per heavy atom. The van der Waals surface area contributed by atoms with E-state index < -0.39 is 0 Å². The second-order valence-corrected chi connectivity index (χ2v) is 6.19. The first-order valence-corrected chi connectivity index (χ1v) is 8.05. The van der Waals surface area contributed by atoms with Gasteiger partial charge in [-0.1, -0.05) is 72.0 Å². The van der Waals surface area contributed by atoms with Crippen LogP contribution in [0.25, 0.3) is 0 Å². The summed E-state index contributed by atoms with van der Waals surface area (Å²) in [6.45, 7) is 1.64. The van der Waals surface area contributed by atoms with Crippen molar-refractivity contribution in [3.05, 3.63) is 82.9 Å². The lowest BCUT2D eigenvalue weighted by molar-refractivity contribution is 0.285. The third-order valence-electron chi connectivity index (χ3n) is 3.40. The number of aliphatic hydroxyl groups excluding tert-OH is 1. The number of thiazole rings is 1. The topological polar surface area (TPSA) is 36.4 Å². The number of rotatable bonds is 6. The highest BCUT2D eigenvalue weighted by Gasteiger charge is 2.12. The van der Waals surface area contributed by atoms with Crippen molar-refractivity contribution in [3.8, 4) is 0 Å². The second-order valence-electron chi connectivity index (χ2n) is 5.09. The summed E-state index contributed by atoms with van der Waals surface area (Å²) in [6, 6.07) is 20.8. The van der Waals surface area contributed by atoms with Crippen molar-refractivity contribution in [1.29, 1.82) is 0 Å². The van der Waals surface area contributed by atoms with Crippen molar-refractivity contribution in [2.75, 3.05) is 4.90 Å². The SMILES string of the molecule is OCc1cnc(N(Cc2ccccc2)Cc2ccccc2)s1. The Labute approximate surface area is 134 Å². The predicted octanol–water partition coefficient (Wildman–Crippen LogP) is 3.84. The zero-order valence-corrected chi connectivity index (χ0v) is 13.0. The van der Waals surface area contributed by atoms with Gasteiger partial charge in [0, 0.05) is 19.3 Å². The summed E-state index contributed by atoms with van der Waals surface area (Å²) in [4.78, 5) is 7.60. The molecule has 22 heavy (non-hydrogen) atoms. The average Bonchev–Trinajstić information content (AvgIpc) is 3.05. The van der Waals surface area contributed by atoms with Crippen LogP contribution in [-0.2, 0) is 19.7 Å². The van der Waals surface area contributed by atoms with Crippen LogP contribution in [-0.4, -0.2) is 10.1 Å². The summed E-state index contributed by atoms with van der Waals surface area (Å²) in [5, 5.41) is 10.2. The van der Waals surface area contributed by atoms with Gasteiger partial charge >= 0.3 is 0 Å². The van der Waals surface area contributed by atoms with Crippen LogP contribution in [0.1, 0.15) is 16.0 Å². The van der Waals surface area contributed by atoms with Gasteiger partial charge in [-0.15, -0.1) is 0 Å². The molecule has 0 amide bonds. The van der Waals surface area contributed by atoms with Crippen molar-refractivity contribution in [1.82, 2.24) is 4.98 Å². The molecule has 0 aliphatic rings. The second kappa shape index (κ2) is 7.20. The minimum atomic E-state index is 0.0438. The van der Waals surface area contributed by atoms with Gasteiger partial charge < -0.3 is 10.0 Å². The molecule has 4 heteroatoms. The van der Waals surface area contributed by atoms with Gasteiger partial charge in [0.1, 0.15) is 0 Å². The van der Waals surface area contributed by atoms with Crippen LogP contribution >= 0.6 is 11.3 Å². The van der Waals surface area contributed by atoms with Crippen molar-refractivity contribution in [2.45, 2.75) is 19.7 Å². The van der Waals surface area contributed by atoms with Crippen molar-refractivity contribution in [2.24, 2.45) is 0 Å². The van der Waals surface area contributed by atoms with Crippen LogP contribution in [0.3, 0.4) is 0 Å². The number of aromatic nitrogens is 1. The zero-order chi connectivity index (χ0) is 15.2. The van der Waals surface area contributed by atoms with Crippen molar-refractivity contribution in [3.63, 3.8) is 0 Å². The predicted molar refractivity (Wildman–Crippen MR) is 90.8 cm³/mol. The monoisotopic (exact) mass is 310 g/mol. The molecule has 0 fully saturated rings. The Kier molecular flexibility index (Phi) is 4.83. The lowest BCUT2D eigenvalue weighted by atomic mass is 10.2. The summed E-state index contributed by atoms with van der Waals surface area (Å²) in [5.74, 6) is 0. The third-order valence-corrected chi connectivity index (χ3v) is 4.44. The average molecular weight is 310 g/mol. The quantitative estimate of drug-likeness (QED) is 0.751.